The average Bonchev–Trinajstić information content (AvgIpc) is 3.09. The van der Waals surface area contributed by atoms with Crippen molar-refractivity contribution < 1.29 is 19.0 Å². The van der Waals surface area contributed by atoms with E-state index in [1.165, 1.54) is 12.8 Å². The molecule has 25 heavy (non-hydrogen) atoms. The van der Waals surface area contributed by atoms with Crippen molar-refractivity contribution in [3.05, 3.63) is 23.3 Å². The first-order chi connectivity index (χ1) is 12.2. The fraction of sp³-hybridized carbons (Fsp3) is 0.650. The summed E-state index contributed by atoms with van der Waals surface area (Å²) < 4.78 is 16.9. The SMILES string of the molecule is CCOC(C#CC1=C[C@@H]2C[C@@]3(OC(=O)C=C13)[C@H]1CCCCN21)OCC. The van der Waals surface area contributed by atoms with Crippen molar-refractivity contribution in [2.45, 2.75) is 63.5 Å². The fourth-order valence-corrected chi connectivity index (χ4v) is 4.74. The van der Waals surface area contributed by atoms with Crippen LogP contribution < -0.4 is 0 Å². The summed E-state index contributed by atoms with van der Waals surface area (Å²) in [7, 11) is 0. The minimum absolute atomic E-state index is 0.234. The van der Waals surface area contributed by atoms with Crippen LogP contribution in [0.2, 0.25) is 0 Å². The molecule has 5 heteroatoms. The molecule has 0 aromatic rings. The molecule has 0 aromatic heterocycles. The number of carbonyl (C=O) groups is 1. The van der Waals surface area contributed by atoms with Gasteiger partial charge in [-0.2, -0.15) is 0 Å². The number of fused-ring (bicyclic) bond motifs is 3. The molecule has 3 heterocycles. The highest BCUT2D eigenvalue weighted by molar-refractivity contribution is 5.90. The minimum Gasteiger partial charge on any atom is -0.449 e. The lowest BCUT2D eigenvalue weighted by atomic mass is 9.77. The van der Waals surface area contributed by atoms with E-state index in [9.17, 15) is 4.79 Å². The van der Waals surface area contributed by atoms with Gasteiger partial charge < -0.3 is 14.2 Å². The maximum absolute atomic E-state index is 12.1. The molecule has 2 fully saturated rings. The average molecular weight is 343 g/mol. The Hall–Kier alpha value is -1.61. The highest BCUT2D eigenvalue weighted by Gasteiger charge is 2.61. The van der Waals surface area contributed by atoms with Gasteiger partial charge in [-0.05, 0) is 39.2 Å². The highest BCUT2D eigenvalue weighted by atomic mass is 16.7. The zero-order chi connectivity index (χ0) is 17.4. The lowest BCUT2D eigenvalue weighted by Crippen LogP contribution is -2.48. The number of nitrogens with zero attached hydrogens (tertiary/aromatic N) is 1. The number of ether oxygens (including phenoxy) is 3. The molecular weight excluding hydrogens is 318 g/mol. The van der Waals surface area contributed by atoms with E-state index in [0.29, 0.717) is 19.3 Å². The first-order valence-electron chi connectivity index (χ1n) is 9.35. The van der Waals surface area contributed by atoms with Gasteiger partial charge in [0.15, 0.2) is 5.60 Å². The molecule has 0 aromatic carbocycles. The minimum atomic E-state index is -0.535. The zero-order valence-electron chi connectivity index (χ0n) is 14.9. The van der Waals surface area contributed by atoms with E-state index in [2.05, 4.69) is 22.8 Å². The van der Waals surface area contributed by atoms with E-state index in [0.717, 1.165) is 30.5 Å². The van der Waals surface area contributed by atoms with E-state index in [-0.39, 0.29) is 12.0 Å². The van der Waals surface area contributed by atoms with E-state index >= 15 is 0 Å². The van der Waals surface area contributed by atoms with E-state index in [4.69, 9.17) is 14.2 Å². The summed E-state index contributed by atoms with van der Waals surface area (Å²) in [4.78, 5) is 14.6. The quantitative estimate of drug-likeness (QED) is 0.445. The van der Waals surface area contributed by atoms with Gasteiger partial charge >= 0.3 is 5.97 Å². The fourth-order valence-electron chi connectivity index (χ4n) is 4.74. The van der Waals surface area contributed by atoms with E-state index in [1.54, 1.807) is 6.08 Å². The molecular formula is C20H25NO4. The second kappa shape index (κ2) is 6.60. The summed E-state index contributed by atoms with van der Waals surface area (Å²) in [5.41, 5.74) is 1.37. The molecule has 2 saturated heterocycles. The molecule has 134 valence electrons. The number of piperidine rings is 1. The summed E-state index contributed by atoms with van der Waals surface area (Å²) >= 11 is 0. The van der Waals surface area contributed by atoms with Crippen LogP contribution in [0, 0.1) is 11.8 Å². The standard InChI is InChI=1S/C20H25NO4/c1-3-23-19(24-4-2)9-8-14-11-15-13-20(16(14)12-18(22)25-20)17-7-5-6-10-21(15)17/h11-12,15,17,19H,3-7,10,13H2,1-2H3/t15-,17-,20+/m1/s1. The topological polar surface area (TPSA) is 48.0 Å². The Bertz CT molecular complexity index is 680. The largest absolute Gasteiger partial charge is 0.449 e. The Morgan fingerprint density at radius 2 is 2.16 bits per heavy atom. The van der Waals surface area contributed by atoms with Crippen LogP contribution >= 0.6 is 0 Å². The van der Waals surface area contributed by atoms with Crippen molar-refractivity contribution in [2.24, 2.45) is 0 Å². The van der Waals surface area contributed by atoms with Crippen LogP contribution in [0.5, 0.6) is 0 Å². The van der Waals surface area contributed by atoms with Crippen molar-refractivity contribution in [1.82, 2.24) is 4.90 Å². The third kappa shape index (κ3) is 2.73. The molecule has 0 unspecified atom stereocenters. The Balaban J connectivity index is 1.67. The van der Waals surface area contributed by atoms with Crippen LogP contribution in [0.25, 0.3) is 0 Å². The smallest absolute Gasteiger partial charge is 0.332 e. The van der Waals surface area contributed by atoms with Crippen molar-refractivity contribution in [2.75, 3.05) is 19.8 Å². The molecule has 0 amide bonds. The van der Waals surface area contributed by atoms with Gasteiger partial charge in [0, 0.05) is 42.9 Å². The molecule has 1 aliphatic carbocycles. The Morgan fingerprint density at radius 1 is 1.36 bits per heavy atom. The third-order valence-electron chi connectivity index (χ3n) is 5.63. The van der Waals surface area contributed by atoms with Crippen LogP contribution in [0.1, 0.15) is 39.5 Å². The van der Waals surface area contributed by atoms with Crippen LogP contribution in [0.15, 0.2) is 23.3 Å². The molecule has 3 aliphatic heterocycles. The second-order valence-corrected chi connectivity index (χ2v) is 6.98. The first kappa shape index (κ1) is 16.8. The monoisotopic (exact) mass is 343 g/mol. The zero-order valence-corrected chi connectivity index (χ0v) is 14.9. The molecule has 4 aliphatic rings. The first-order valence-corrected chi connectivity index (χ1v) is 9.35. The predicted molar refractivity (Wildman–Crippen MR) is 92.6 cm³/mol. The van der Waals surface area contributed by atoms with Crippen molar-refractivity contribution >= 4 is 5.97 Å². The molecule has 0 N–H and O–H groups in total. The van der Waals surface area contributed by atoms with Gasteiger partial charge in [-0.25, -0.2) is 4.79 Å². The number of rotatable bonds is 4. The Labute approximate surface area is 149 Å². The molecule has 1 spiro atoms. The molecule has 0 saturated carbocycles. The summed E-state index contributed by atoms with van der Waals surface area (Å²) in [6, 6.07) is 0.587. The Morgan fingerprint density at radius 3 is 2.92 bits per heavy atom. The molecule has 3 atom stereocenters. The maximum atomic E-state index is 12.1. The number of hydrogen-bond donors (Lipinski definition) is 0. The normalized spacial score (nSPS) is 33.2. The maximum Gasteiger partial charge on any atom is 0.332 e. The van der Waals surface area contributed by atoms with Crippen molar-refractivity contribution in [1.29, 1.82) is 0 Å². The molecule has 5 nitrogen and oxygen atoms in total. The van der Waals surface area contributed by atoms with Gasteiger partial charge in [-0.3, -0.25) is 4.90 Å². The molecule has 2 bridgehead atoms. The van der Waals surface area contributed by atoms with Crippen LogP contribution in [-0.2, 0) is 19.0 Å². The van der Waals surface area contributed by atoms with Gasteiger partial charge in [-0.1, -0.05) is 18.4 Å². The highest BCUT2D eigenvalue weighted by Crippen LogP contribution is 2.53. The van der Waals surface area contributed by atoms with Gasteiger partial charge in [-0.15, -0.1) is 0 Å². The van der Waals surface area contributed by atoms with Crippen molar-refractivity contribution in [3.8, 4) is 11.8 Å². The van der Waals surface area contributed by atoms with Gasteiger partial charge in [0.2, 0.25) is 6.29 Å². The van der Waals surface area contributed by atoms with Crippen LogP contribution in [-0.4, -0.2) is 54.6 Å². The lowest BCUT2D eigenvalue weighted by molar-refractivity contribution is -0.148. The number of esters is 1. The summed E-state index contributed by atoms with van der Waals surface area (Å²) in [6.45, 7) is 6.01. The number of carbonyl (C=O) groups excluding carboxylic acids is 1. The summed E-state index contributed by atoms with van der Waals surface area (Å²) in [5, 5.41) is 0. The second-order valence-electron chi connectivity index (χ2n) is 6.98. The molecule has 0 radical (unpaired) electrons. The van der Waals surface area contributed by atoms with Crippen molar-refractivity contribution in [3.63, 3.8) is 0 Å². The van der Waals surface area contributed by atoms with Crippen LogP contribution in [0.4, 0.5) is 0 Å². The van der Waals surface area contributed by atoms with Gasteiger partial charge in [0.05, 0.1) is 6.04 Å². The van der Waals surface area contributed by atoms with E-state index < -0.39 is 11.9 Å². The van der Waals surface area contributed by atoms with Gasteiger partial charge in [0.1, 0.15) is 0 Å². The summed E-state index contributed by atoms with van der Waals surface area (Å²) in [6.07, 6.45) is 7.66. The van der Waals surface area contributed by atoms with Crippen LogP contribution in [0.3, 0.4) is 0 Å². The van der Waals surface area contributed by atoms with E-state index in [1.807, 2.05) is 13.8 Å². The molecule has 4 rings (SSSR count). The lowest BCUT2D eigenvalue weighted by Gasteiger charge is -2.38. The van der Waals surface area contributed by atoms with Gasteiger partial charge in [0.25, 0.3) is 0 Å². The Kier molecular flexibility index (Phi) is 4.45. The predicted octanol–water partition coefficient (Wildman–Crippen LogP) is 2.18. The number of hydrogen-bond acceptors (Lipinski definition) is 5. The third-order valence-corrected chi connectivity index (χ3v) is 5.63. The summed E-state index contributed by atoms with van der Waals surface area (Å²) in [5.74, 6) is 6.06.